The summed E-state index contributed by atoms with van der Waals surface area (Å²) in [5, 5.41) is 19.1. The van der Waals surface area contributed by atoms with Crippen molar-refractivity contribution in [1.29, 1.82) is 0 Å². The fraction of sp³-hybridized carbons (Fsp3) is 0.533. The zero-order valence-corrected chi connectivity index (χ0v) is 12.1. The van der Waals surface area contributed by atoms with E-state index in [4.69, 9.17) is 16.7 Å². The van der Waals surface area contributed by atoms with Gasteiger partial charge in [-0.1, -0.05) is 17.7 Å². The van der Waals surface area contributed by atoms with E-state index in [1.807, 2.05) is 0 Å². The molecule has 4 nitrogen and oxygen atoms in total. The predicted molar refractivity (Wildman–Crippen MR) is 78.0 cm³/mol. The van der Waals surface area contributed by atoms with Crippen molar-refractivity contribution in [1.82, 2.24) is 4.90 Å². The van der Waals surface area contributed by atoms with Crippen LogP contribution >= 0.6 is 11.6 Å². The Labute approximate surface area is 124 Å². The minimum absolute atomic E-state index is 0.241. The summed E-state index contributed by atoms with van der Waals surface area (Å²) in [6.45, 7) is 2.50. The highest BCUT2D eigenvalue weighted by Gasteiger charge is 2.21. The molecule has 2 N–H and O–H groups in total. The molecule has 1 fully saturated rings. The summed E-state index contributed by atoms with van der Waals surface area (Å²) < 4.78 is 0. The number of carbonyl (C=O) groups is 1. The number of phenols is 1. The number of benzene rings is 1. The van der Waals surface area contributed by atoms with E-state index >= 15 is 0 Å². The van der Waals surface area contributed by atoms with Crippen molar-refractivity contribution in [3.8, 4) is 5.75 Å². The van der Waals surface area contributed by atoms with Gasteiger partial charge >= 0.3 is 5.97 Å². The molecule has 1 aromatic rings. The minimum atomic E-state index is -0.714. The molecule has 1 aliphatic heterocycles. The summed E-state index contributed by atoms with van der Waals surface area (Å²) in [4.78, 5) is 12.8. The van der Waals surface area contributed by atoms with Crippen LogP contribution in [0.3, 0.4) is 0 Å². The van der Waals surface area contributed by atoms with Crippen molar-refractivity contribution >= 4 is 17.6 Å². The van der Waals surface area contributed by atoms with Crippen LogP contribution in [0, 0.1) is 5.92 Å². The molecule has 1 heterocycles. The molecule has 0 bridgehead atoms. The molecule has 0 aromatic heterocycles. The van der Waals surface area contributed by atoms with E-state index in [0.29, 0.717) is 17.5 Å². The lowest BCUT2D eigenvalue weighted by Crippen LogP contribution is -2.33. The molecule has 0 aliphatic carbocycles. The van der Waals surface area contributed by atoms with Gasteiger partial charge in [-0.05, 0) is 50.4 Å². The lowest BCUT2D eigenvalue weighted by atomic mass is 9.92. The molecule has 0 spiro atoms. The maximum absolute atomic E-state index is 10.6. The molecule has 0 radical (unpaired) electrons. The topological polar surface area (TPSA) is 60.8 Å². The second-order valence-corrected chi connectivity index (χ2v) is 5.80. The number of likely N-dealkylation sites (tertiary alicyclic amines) is 1. The summed E-state index contributed by atoms with van der Waals surface area (Å²) in [6.07, 6.45) is 3.05. The highest BCUT2D eigenvalue weighted by molar-refractivity contribution is 6.31. The number of halogens is 1. The van der Waals surface area contributed by atoms with Gasteiger partial charge in [-0.25, -0.2) is 0 Å². The number of aliphatic carboxylic acids is 1. The smallest absolute Gasteiger partial charge is 0.303 e. The minimum Gasteiger partial charge on any atom is -0.508 e. The zero-order chi connectivity index (χ0) is 14.5. The first-order valence-electron chi connectivity index (χ1n) is 6.96. The van der Waals surface area contributed by atoms with Crippen molar-refractivity contribution in [2.75, 3.05) is 13.1 Å². The van der Waals surface area contributed by atoms with Crippen molar-refractivity contribution in [2.24, 2.45) is 5.92 Å². The fourth-order valence-electron chi connectivity index (χ4n) is 2.69. The van der Waals surface area contributed by atoms with E-state index in [9.17, 15) is 9.90 Å². The highest BCUT2D eigenvalue weighted by Crippen LogP contribution is 2.29. The maximum atomic E-state index is 10.6. The summed E-state index contributed by atoms with van der Waals surface area (Å²) in [5.74, 6) is 0.0288. The molecule has 1 saturated heterocycles. The number of hydrogen-bond donors (Lipinski definition) is 2. The van der Waals surface area contributed by atoms with Gasteiger partial charge in [0.2, 0.25) is 0 Å². The van der Waals surface area contributed by atoms with Crippen LogP contribution in [0.2, 0.25) is 5.02 Å². The Bertz CT molecular complexity index is 450. The number of phenolic OH excluding ortho intramolecular Hbond substituents is 1. The number of nitrogens with zero attached hydrogens (tertiary/aromatic N) is 1. The average molecular weight is 298 g/mol. The van der Waals surface area contributed by atoms with Gasteiger partial charge in [0.05, 0.1) is 0 Å². The van der Waals surface area contributed by atoms with Crippen LogP contribution in [-0.2, 0) is 11.3 Å². The third-order valence-corrected chi connectivity index (χ3v) is 4.30. The van der Waals surface area contributed by atoms with Gasteiger partial charge in [0.25, 0.3) is 0 Å². The number of piperidine rings is 1. The lowest BCUT2D eigenvalue weighted by Gasteiger charge is -2.32. The largest absolute Gasteiger partial charge is 0.508 e. The van der Waals surface area contributed by atoms with Crippen molar-refractivity contribution < 1.29 is 15.0 Å². The van der Waals surface area contributed by atoms with Gasteiger partial charge in [-0.15, -0.1) is 0 Å². The van der Waals surface area contributed by atoms with Gasteiger partial charge in [-0.2, -0.15) is 0 Å². The SMILES string of the molecule is O=C(O)CCC1CCN(Cc2c(O)cccc2Cl)CC1. The number of rotatable bonds is 5. The third-order valence-electron chi connectivity index (χ3n) is 3.95. The molecule has 0 amide bonds. The molecule has 1 aromatic carbocycles. The van der Waals surface area contributed by atoms with Crippen molar-refractivity contribution in [3.05, 3.63) is 28.8 Å². The summed E-state index contributed by atoms with van der Waals surface area (Å²) in [5.41, 5.74) is 0.776. The van der Waals surface area contributed by atoms with Gasteiger partial charge in [0.15, 0.2) is 0 Å². The number of hydrogen-bond acceptors (Lipinski definition) is 3. The van der Waals surface area contributed by atoms with Gasteiger partial charge in [0, 0.05) is 23.6 Å². The van der Waals surface area contributed by atoms with Crippen LogP contribution in [0.5, 0.6) is 5.75 Å². The van der Waals surface area contributed by atoms with Gasteiger partial charge in [0.1, 0.15) is 5.75 Å². The van der Waals surface area contributed by atoms with E-state index in [1.165, 1.54) is 0 Å². The molecular formula is C15H20ClNO3. The summed E-state index contributed by atoms with van der Waals surface area (Å²) >= 11 is 6.11. The van der Waals surface area contributed by atoms with Crippen LogP contribution < -0.4 is 0 Å². The fourth-order valence-corrected chi connectivity index (χ4v) is 2.92. The Morgan fingerprint density at radius 2 is 2.05 bits per heavy atom. The average Bonchev–Trinajstić information content (AvgIpc) is 2.42. The van der Waals surface area contributed by atoms with E-state index < -0.39 is 5.97 Å². The van der Waals surface area contributed by atoms with E-state index in [0.717, 1.165) is 37.9 Å². The van der Waals surface area contributed by atoms with Gasteiger partial charge in [-0.3, -0.25) is 9.69 Å². The van der Waals surface area contributed by atoms with Crippen LogP contribution in [-0.4, -0.2) is 34.2 Å². The Hall–Kier alpha value is -1.26. The summed E-state index contributed by atoms with van der Waals surface area (Å²) in [7, 11) is 0. The molecule has 20 heavy (non-hydrogen) atoms. The zero-order valence-electron chi connectivity index (χ0n) is 11.4. The number of aromatic hydroxyl groups is 1. The normalized spacial score (nSPS) is 17.2. The second kappa shape index (κ2) is 6.95. The second-order valence-electron chi connectivity index (χ2n) is 5.39. The molecule has 0 unspecified atom stereocenters. The molecule has 110 valence electrons. The molecular weight excluding hydrogens is 278 g/mol. The molecule has 0 atom stereocenters. The molecule has 0 saturated carbocycles. The first-order chi connectivity index (χ1) is 9.56. The van der Waals surface area contributed by atoms with Crippen LogP contribution in [0.1, 0.15) is 31.2 Å². The van der Waals surface area contributed by atoms with E-state index in [1.54, 1.807) is 18.2 Å². The Balaban J connectivity index is 1.84. The van der Waals surface area contributed by atoms with Crippen LogP contribution in [0.15, 0.2) is 18.2 Å². The predicted octanol–water partition coefficient (Wildman–Crippen LogP) is 3.12. The summed E-state index contributed by atoms with van der Waals surface area (Å²) in [6, 6.07) is 5.18. The van der Waals surface area contributed by atoms with Crippen molar-refractivity contribution in [2.45, 2.75) is 32.2 Å². The molecule has 1 aliphatic rings. The van der Waals surface area contributed by atoms with Gasteiger partial charge < -0.3 is 10.2 Å². The maximum Gasteiger partial charge on any atom is 0.303 e. The number of carboxylic acids is 1. The monoisotopic (exact) mass is 297 g/mol. The first kappa shape index (κ1) is 15.1. The quantitative estimate of drug-likeness (QED) is 0.876. The molecule has 5 heteroatoms. The highest BCUT2D eigenvalue weighted by atomic mass is 35.5. The Morgan fingerprint density at radius 1 is 1.35 bits per heavy atom. The lowest BCUT2D eigenvalue weighted by molar-refractivity contribution is -0.137. The first-order valence-corrected chi connectivity index (χ1v) is 7.34. The molecule has 2 rings (SSSR count). The van der Waals surface area contributed by atoms with Crippen LogP contribution in [0.4, 0.5) is 0 Å². The van der Waals surface area contributed by atoms with Crippen molar-refractivity contribution in [3.63, 3.8) is 0 Å². The van der Waals surface area contributed by atoms with E-state index in [2.05, 4.69) is 4.90 Å². The third kappa shape index (κ3) is 4.12. The van der Waals surface area contributed by atoms with E-state index in [-0.39, 0.29) is 12.2 Å². The Morgan fingerprint density at radius 3 is 2.65 bits per heavy atom. The Kier molecular flexibility index (Phi) is 5.26. The van der Waals surface area contributed by atoms with Crippen LogP contribution in [0.25, 0.3) is 0 Å². The standard InChI is InChI=1S/C15H20ClNO3/c16-13-2-1-3-14(18)12(13)10-17-8-6-11(7-9-17)4-5-15(19)20/h1-3,11,18H,4-10H2,(H,19,20). The number of carboxylic acid groups (broad SMARTS) is 1.